The molecule has 6 aliphatic heterocycles. The summed E-state index contributed by atoms with van der Waals surface area (Å²) in [4.78, 5) is 3.76. The van der Waals surface area contributed by atoms with Crippen molar-refractivity contribution in [3.8, 4) is 81.1 Å². The van der Waals surface area contributed by atoms with Gasteiger partial charge in [0.2, 0.25) is 0 Å². The highest BCUT2D eigenvalue weighted by atomic mass is 16.5. The van der Waals surface area contributed by atoms with Gasteiger partial charge in [-0.05, 0) is 103 Å². The molecule has 0 atom stereocenters. The van der Waals surface area contributed by atoms with E-state index in [0.717, 1.165) is 60.7 Å². The zero-order valence-electron chi connectivity index (χ0n) is 36.3. The van der Waals surface area contributed by atoms with Gasteiger partial charge in [-0.1, -0.05) is 77.9 Å². The van der Waals surface area contributed by atoms with Crippen LogP contribution in [0.5, 0.6) is 69.0 Å². The molecule has 0 aromatic heterocycles. The zero-order chi connectivity index (χ0) is 44.4. The Hall–Kier alpha value is -8.00. The number of hydrogen-bond acceptors (Lipinski definition) is 8. The van der Waals surface area contributed by atoms with Crippen LogP contribution in [0.2, 0.25) is 0 Å². The molecule has 0 amide bonds. The largest absolute Gasteiger partial charge is 0.460 e. The van der Waals surface area contributed by atoms with Crippen molar-refractivity contribution in [2.24, 2.45) is 0 Å². The first-order chi connectivity index (χ1) is 31.3. The van der Waals surface area contributed by atoms with Gasteiger partial charge < -0.3 is 28.4 Å². The van der Waals surface area contributed by atoms with Crippen LogP contribution in [-0.4, -0.2) is 20.1 Å². The fraction of sp³-hybridized carbons (Fsp3) is 0.151. The first-order valence-electron chi connectivity index (χ1n) is 21.7. The molecule has 0 bridgehead atoms. The predicted octanol–water partition coefficient (Wildman–Crippen LogP) is 6.76. The maximum Gasteiger partial charge on any atom is 0.260 e. The normalized spacial score (nSPS) is 14.3. The molecule has 9 nitrogen and oxygen atoms in total. The molecule has 0 radical (unpaired) electrons. The third kappa shape index (κ3) is 5.27. The van der Waals surface area contributed by atoms with Crippen molar-refractivity contribution in [2.75, 3.05) is 0 Å². The maximum atomic E-state index is 10.2. The van der Waals surface area contributed by atoms with Crippen molar-refractivity contribution in [3.05, 3.63) is 131 Å². The van der Waals surface area contributed by atoms with Gasteiger partial charge in [0, 0.05) is 28.5 Å². The number of nitrogens with zero attached hydrogens (tertiary/aromatic N) is 3. The average molecular weight is 841 g/mol. The summed E-state index contributed by atoms with van der Waals surface area (Å²) in [5.41, 5.74) is 11.7. The molecular weight excluding hydrogens is 807 g/mol. The van der Waals surface area contributed by atoms with Crippen molar-refractivity contribution in [1.29, 1.82) is 10.5 Å². The van der Waals surface area contributed by atoms with Crippen molar-refractivity contribution in [3.63, 3.8) is 0 Å². The Morgan fingerprint density at radius 3 is 1.02 bits per heavy atom. The Morgan fingerprint density at radius 1 is 0.400 bits per heavy atom. The van der Waals surface area contributed by atoms with Crippen molar-refractivity contribution in [1.82, 2.24) is 0 Å². The fourth-order valence-electron chi connectivity index (χ4n) is 10.6. The molecule has 7 aromatic carbocycles. The summed E-state index contributed by atoms with van der Waals surface area (Å²) >= 11 is 0. The summed E-state index contributed by atoms with van der Waals surface area (Å²) in [5, 5.41) is 20.3. The van der Waals surface area contributed by atoms with Gasteiger partial charge in [-0.15, -0.1) is 0 Å². The molecule has 0 spiro atoms. The Labute approximate surface area is 376 Å². The smallest absolute Gasteiger partial charge is 0.260 e. The Kier molecular flexibility index (Phi) is 7.27. The van der Waals surface area contributed by atoms with Gasteiger partial charge in [-0.25, -0.2) is 4.85 Å². The Morgan fingerprint density at radius 2 is 0.708 bits per heavy atom. The molecule has 0 N–H and O–H groups in total. The molecule has 306 valence electrons. The van der Waals surface area contributed by atoms with Crippen LogP contribution in [0, 0.1) is 29.2 Å². The second-order valence-electron chi connectivity index (χ2n) is 19.7. The third-order valence-electron chi connectivity index (χ3n) is 13.8. The molecule has 6 heterocycles. The van der Waals surface area contributed by atoms with Crippen LogP contribution in [0.15, 0.2) is 97.1 Å². The summed E-state index contributed by atoms with van der Waals surface area (Å²) < 4.78 is 40.3. The Bertz CT molecular complexity index is 3330. The van der Waals surface area contributed by atoms with E-state index in [1.807, 2.05) is 24.3 Å². The lowest BCUT2D eigenvalue weighted by Crippen LogP contribution is -2.63. The van der Waals surface area contributed by atoms with Gasteiger partial charge in [0.25, 0.3) is 20.1 Å². The van der Waals surface area contributed by atoms with Crippen LogP contribution in [0.1, 0.15) is 63.8 Å². The van der Waals surface area contributed by atoms with Crippen LogP contribution in [0.3, 0.4) is 0 Å². The first kappa shape index (κ1) is 37.5. The van der Waals surface area contributed by atoms with Crippen LogP contribution < -0.4 is 77.6 Å². The molecule has 12 heteroatoms. The highest BCUT2D eigenvalue weighted by Crippen LogP contribution is 2.44. The van der Waals surface area contributed by atoms with Gasteiger partial charge in [-0.2, -0.15) is 10.5 Å². The zero-order valence-corrected chi connectivity index (χ0v) is 36.3. The second kappa shape index (κ2) is 12.6. The van der Waals surface area contributed by atoms with Crippen LogP contribution in [-0.2, 0) is 10.8 Å². The maximum absolute atomic E-state index is 10.2. The van der Waals surface area contributed by atoms with Crippen LogP contribution in [0.4, 0.5) is 5.69 Å². The minimum absolute atomic E-state index is 0.126. The number of fused-ring (bicyclic) bond motifs is 12. The molecule has 13 rings (SSSR count). The summed E-state index contributed by atoms with van der Waals surface area (Å²) in [6.45, 7) is 20.2. The second-order valence-corrected chi connectivity index (χ2v) is 19.7. The Balaban J connectivity index is 1.05. The topological polar surface area (TPSA) is 107 Å². The minimum Gasteiger partial charge on any atom is -0.460 e. The monoisotopic (exact) mass is 841 g/mol. The van der Waals surface area contributed by atoms with E-state index in [1.54, 1.807) is 36.4 Å². The molecule has 0 saturated heterocycles. The lowest BCUT2D eigenvalue weighted by atomic mass is 9.30. The first-order valence-corrected chi connectivity index (χ1v) is 21.7. The number of nitriles is 2. The summed E-state index contributed by atoms with van der Waals surface area (Å²) in [6.07, 6.45) is 0. The molecule has 0 fully saturated rings. The van der Waals surface area contributed by atoms with E-state index in [0.29, 0.717) is 74.3 Å². The van der Waals surface area contributed by atoms with Gasteiger partial charge in [-0.3, -0.25) is 0 Å². The van der Waals surface area contributed by atoms with Gasteiger partial charge >= 0.3 is 0 Å². The molecular formula is C53H34B3N3O6. The number of ether oxygens (including phenoxy) is 6. The quantitative estimate of drug-likeness (QED) is 0.122. The van der Waals surface area contributed by atoms with Crippen molar-refractivity contribution >= 4 is 75.0 Å². The molecule has 0 saturated carbocycles. The highest BCUT2D eigenvalue weighted by molar-refractivity contribution is 7.02. The van der Waals surface area contributed by atoms with E-state index < -0.39 is 0 Å². The fourth-order valence-corrected chi connectivity index (χ4v) is 10.6. The van der Waals surface area contributed by atoms with E-state index in [9.17, 15) is 10.5 Å². The lowest BCUT2D eigenvalue weighted by molar-refractivity contribution is 0.448. The lowest BCUT2D eigenvalue weighted by Gasteiger charge is -2.38. The van der Waals surface area contributed by atoms with Crippen molar-refractivity contribution in [2.45, 2.75) is 52.4 Å². The van der Waals surface area contributed by atoms with E-state index in [2.05, 4.69) is 94.9 Å². The predicted molar refractivity (Wildman–Crippen MR) is 253 cm³/mol. The molecule has 7 aromatic rings. The van der Waals surface area contributed by atoms with Gasteiger partial charge in [0.05, 0.1) is 29.8 Å². The SMILES string of the molecule is [C-]#[N+]c1cc2c3c(c1)Oc1cc4c(cc1B3c1cc(C(C)(C)C)ccc1O2)B1c2cc3c(cc2Oc2cc(C#N)cc(c21)O4)Oc1cc(C#N)cc2c1B3c1cc(C(C)(C)C)ccc1O2. The van der Waals surface area contributed by atoms with Crippen LogP contribution >= 0.6 is 0 Å². The number of hydrogen-bond donors (Lipinski definition) is 0. The molecule has 0 aliphatic carbocycles. The van der Waals surface area contributed by atoms with E-state index in [-0.39, 0.29) is 31.0 Å². The minimum atomic E-state index is -0.386. The van der Waals surface area contributed by atoms with E-state index in [4.69, 9.17) is 35.0 Å². The third-order valence-corrected chi connectivity index (χ3v) is 13.8. The summed E-state index contributed by atoms with van der Waals surface area (Å²) in [6, 6.07) is 36.4. The average Bonchev–Trinajstić information content (AvgIpc) is 3.28. The molecule has 0 unspecified atom stereocenters. The molecule has 6 aliphatic rings. The summed E-state index contributed by atoms with van der Waals surface area (Å²) in [5.74, 6) is 7.24. The number of benzene rings is 7. The van der Waals surface area contributed by atoms with Crippen molar-refractivity contribution < 1.29 is 28.4 Å². The summed E-state index contributed by atoms with van der Waals surface area (Å²) in [7, 11) is 0. The number of rotatable bonds is 0. The van der Waals surface area contributed by atoms with Crippen LogP contribution in [0.25, 0.3) is 4.85 Å². The highest BCUT2D eigenvalue weighted by Gasteiger charge is 2.48. The van der Waals surface area contributed by atoms with Gasteiger partial charge in [0.1, 0.15) is 69.0 Å². The van der Waals surface area contributed by atoms with Gasteiger partial charge in [0.15, 0.2) is 5.69 Å². The molecule has 65 heavy (non-hydrogen) atoms. The van der Waals surface area contributed by atoms with E-state index >= 15 is 0 Å². The van der Waals surface area contributed by atoms with E-state index in [1.165, 1.54) is 11.1 Å². The standard InChI is InChI=1S/C53H34B3N3O6/c1-52(2,3)28-8-10-37-31(16-28)54-33-20-35-40(22-39(33)62-44-13-26(24-57)12-43(60-37)49(44)54)63-45-14-27(25-58)15-46-50(45)56(35)36-21-34-42(23-41(36)64-46)65-48-19-30(59-7)18-47-51(48)55(34)32-17-29(53(4,5)6)9-11-38(32)61-47/h8-23H,1-6H3.